The molecule has 73 heavy (non-hydrogen) atoms. The minimum atomic E-state index is -0.503. The van der Waals surface area contributed by atoms with E-state index in [1.165, 1.54) is 9.44 Å². The first kappa shape index (κ1) is 51.3. The molecule has 0 saturated carbocycles. The number of carbonyl (C=O) groups is 2. The summed E-state index contributed by atoms with van der Waals surface area (Å²) in [5.74, 6) is 2.74. The van der Waals surface area contributed by atoms with Crippen LogP contribution in [0.1, 0.15) is 101 Å². The smallest absolute Gasteiger partial charge is 0.330 e. The van der Waals surface area contributed by atoms with Crippen molar-refractivity contribution in [1.82, 2.24) is 33.9 Å². The van der Waals surface area contributed by atoms with Crippen molar-refractivity contribution in [2.75, 3.05) is 46.8 Å². The number of methoxy groups -OCH3 is 1. The number of ether oxygens (including phenoxy) is 4. The number of fused-ring (bicyclic) bond motifs is 6. The molecule has 8 aromatic rings. The lowest BCUT2D eigenvalue weighted by atomic mass is 9.99. The van der Waals surface area contributed by atoms with Crippen LogP contribution in [0, 0.1) is 34.6 Å². The third kappa shape index (κ3) is 10.7. The highest BCUT2D eigenvalue weighted by atomic mass is 35.5. The predicted octanol–water partition coefficient (Wildman–Crippen LogP) is 10.2. The highest BCUT2D eigenvalue weighted by molar-refractivity contribution is 7.15. The Hall–Kier alpha value is -6.63. The molecule has 0 N–H and O–H groups in total. The molecule has 0 aliphatic carbocycles. The van der Waals surface area contributed by atoms with Gasteiger partial charge in [-0.1, -0.05) is 29.8 Å². The summed E-state index contributed by atoms with van der Waals surface area (Å²) < 4.78 is 34.2. The van der Waals surface area contributed by atoms with Gasteiger partial charge < -0.3 is 23.4 Å². The molecule has 0 radical (unpaired) electrons. The Balaban J connectivity index is 0.726. The maximum absolute atomic E-state index is 14.4. The predicted molar refractivity (Wildman–Crippen MR) is 282 cm³/mol. The third-order valence-corrected chi connectivity index (χ3v) is 14.8. The van der Waals surface area contributed by atoms with Crippen molar-refractivity contribution in [2.24, 2.45) is 4.99 Å². The van der Waals surface area contributed by atoms with Gasteiger partial charge in [-0.15, -0.1) is 21.5 Å². The van der Waals surface area contributed by atoms with Gasteiger partial charge in [0.05, 0.1) is 86.5 Å². The quantitative estimate of drug-likeness (QED) is 0.0554. The lowest BCUT2D eigenvalue weighted by molar-refractivity contribution is -0.120. The SMILES string of the molecule is COc1cc2c(cc1-c1c(C)coc1C)ncc1c2n(C(C)c2ccccn2)c(=O)n1CC(=O)CCCOCCOCCOCCCC(=O)CC1N=C(c2ccc(Cl)cc2)c2c(sc(C)c2C)-n2c(C)nnc21. The summed E-state index contributed by atoms with van der Waals surface area (Å²) in [5.41, 5.74) is 8.87. The number of Topliss-reactive ketones (excluding diaryl/α,β-unsaturated/α-hetero) is 2. The van der Waals surface area contributed by atoms with Crippen LogP contribution in [0.25, 0.3) is 38.1 Å². The third-order valence-electron chi connectivity index (χ3n) is 13.4. The van der Waals surface area contributed by atoms with Gasteiger partial charge in [0.2, 0.25) is 0 Å². The monoisotopic (exact) mass is 1030 g/mol. The molecule has 0 fully saturated rings. The molecule has 2 unspecified atom stereocenters. The van der Waals surface area contributed by atoms with Gasteiger partial charge in [-0.25, -0.2) is 4.79 Å². The normalized spacial score (nSPS) is 13.8. The topological polar surface area (TPSA) is 180 Å². The second-order valence-electron chi connectivity index (χ2n) is 18.3. The molecule has 1 aliphatic heterocycles. The van der Waals surface area contributed by atoms with Crippen LogP contribution in [0.2, 0.25) is 5.02 Å². The highest BCUT2D eigenvalue weighted by Crippen LogP contribution is 2.42. The van der Waals surface area contributed by atoms with Gasteiger partial charge in [-0.2, -0.15) is 0 Å². The number of aromatic nitrogens is 7. The minimum absolute atomic E-state index is 0.0691. The lowest BCUT2D eigenvalue weighted by Crippen LogP contribution is -2.29. The van der Waals surface area contributed by atoms with E-state index in [9.17, 15) is 14.4 Å². The van der Waals surface area contributed by atoms with Crippen LogP contribution in [0.3, 0.4) is 0 Å². The van der Waals surface area contributed by atoms with Crippen molar-refractivity contribution < 1.29 is 33.0 Å². The molecule has 1 aliphatic rings. The molecule has 6 aromatic heterocycles. The number of hydrogen-bond acceptors (Lipinski definition) is 14. The molecule has 0 amide bonds. The van der Waals surface area contributed by atoms with Gasteiger partial charge >= 0.3 is 5.69 Å². The summed E-state index contributed by atoms with van der Waals surface area (Å²) >= 11 is 7.93. The van der Waals surface area contributed by atoms with E-state index in [1.807, 2.05) is 82.3 Å². The van der Waals surface area contributed by atoms with E-state index in [4.69, 9.17) is 44.9 Å². The Morgan fingerprint density at radius 1 is 0.863 bits per heavy atom. The van der Waals surface area contributed by atoms with Crippen molar-refractivity contribution in [3.05, 3.63) is 139 Å². The molecule has 2 aromatic carbocycles. The molecule has 9 rings (SSSR count). The van der Waals surface area contributed by atoms with E-state index >= 15 is 0 Å². The van der Waals surface area contributed by atoms with E-state index in [0.717, 1.165) is 55.7 Å². The van der Waals surface area contributed by atoms with E-state index in [0.29, 0.717) is 103 Å². The zero-order valence-corrected chi connectivity index (χ0v) is 43.8. The number of aryl methyl sites for hydroxylation is 4. The van der Waals surface area contributed by atoms with Crippen molar-refractivity contribution in [1.29, 1.82) is 0 Å². The van der Waals surface area contributed by atoms with Crippen LogP contribution >= 0.6 is 22.9 Å². The van der Waals surface area contributed by atoms with E-state index in [2.05, 4.69) is 33.6 Å². The summed E-state index contributed by atoms with van der Waals surface area (Å²) in [4.78, 5) is 57.1. The fourth-order valence-corrected chi connectivity index (χ4v) is 10.9. The summed E-state index contributed by atoms with van der Waals surface area (Å²) in [6.07, 6.45) is 6.89. The minimum Gasteiger partial charge on any atom is -0.496 e. The number of hydrogen-bond donors (Lipinski definition) is 0. The van der Waals surface area contributed by atoms with Gasteiger partial charge in [0.15, 0.2) is 11.6 Å². The fraction of sp³-hybridized carbons (Fsp3) is 0.382. The van der Waals surface area contributed by atoms with Crippen molar-refractivity contribution in [3.8, 4) is 21.9 Å². The van der Waals surface area contributed by atoms with Gasteiger partial charge in [0, 0.05) is 76.2 Å². The summed E-state index contributed by atoms with van der Waals surface area (Å²) in [5, 5.41) is 11.3. The number of halogens is 1. The number of nitrogens with zero attached hydrogens (tertiary/aromatic N) is 8. The van der Waals surface area contributed by atoms with Crippen LogP contribution in [0.4, 0.5) is 0 Å². The van der Waals surface area contributed by atoms with E-state index < -0.39 is 12.1 Å². The summed E-state index contributed by atoms with van der Waals surface area (Å²) in [6.45, 7) is 14.1. The standard InChI is InChI=1S/C55H59ClN8O8S/c1-32-31-72-35(4)49(32)43-27-45-42(28-48(43)68-7)52-47(29-58-45)62(55(67)63(52)34(3)44-14-8-9-19-57-44)30-41(66)13-11-21-70-23-25-71-24-22-69-20-10-12-40(65)26-46-53-61-60-37(6)64(53)54-50(33(2)36(5)73-54)51(59-46)38-15-17-39(56)18-16-38/h8-9,14-19,27-29,31,34,46H,10-13,20-26,30H2,1-7H3. The van der Waals surface area contributed by atoms with Crippen molar-refractivity contribution in [3.63, 3.8) is 0 Å². The maximum Gasteiger partial charge on any atom is 0.330 e. The fourth-order valence-electron chi connectivity index (χ4n) is 9.57. The Kier molecular flexibility index (Phi) is 15.9. The number of benzene rings is 2. The van der Waals surface area contributed by atoms with Crippen LogP contribution in [0.15, 0.2) is 87.5 Å². The van der Waals surface area contributed by atoms with Crippen LogP contribution < -0.4 is 10.4 Å². The molecule has 16 nitrogen and oxygen atoms in total. The number of ketones is 2. The molecule has 0 bridgehead atoms. The van der Waals surface area contributed by atoms with Gasteiger partial charge in [-0.05, 0) is 102 Å². The first-order valence-electron chi connectivity index (χ1n) is 24.5. The zero-order chi connectivity index (χ0) is 51.3. The number of furan rings is 1. The number of pyridine rings is 2. The number of carbonyl (C=O) groups excluding carboxylic acids is 2. The Morgan fingerprint density at radius 3 is 2.25 bits per heavy atom. The lowest BCUT2D eigenvalue weighted by Gasteiger charge is -2.15. The van der Waals surface area contributed by atoms with Crippen molar-refractivity contribution in [2.45, 2.75) is 92.3 Å². The van der Waals surface area contributed by atoms with Crippen LogP contribution in [-0.4, -0.2) is 97.9 Å². The molecule has 18 heteroatoms. The Bertz CT molecular complexity index is 3370. The second-order valence-corrected chi connectivity index (χ2v) is 20.0. The first-order valence-corrected chi connectivity index (χ1v) is 25.7. The maximum atomic E-state index is 14.4. The number of thiophene rings is 1. The van der Waals surface area contributed by atoms with E-state index in [1.54, 1.807) is 41.7 Å². The average molecular weight is 1030 g/mol. The largest absolute Gasteiger partial charge is 0.496 e. The van der Waals surface area contributed by atoms with Gasteiger partial charge in [0.25, 0.3) is 0 Å². The highest BCUT2D eigenvalue weighted by Gasteiger charge is 2.33. The second kappa shape index (κ2) is 22.6. The Labute approximate surface area is 432 Å². The summed E-state index contributed by atoms with van der Waals surface area (Å²) in [7, 11) is 1.62. The molecule has 0 spiro atoms. The van der Waals surface area contributed by atoms with Gasteiger partial charge in [0.1, 0.15) is 34.2 Å². The number of rotatable bonds is 23. The Morgan fingerprint density at radius 2 is 1.58 bits per heavy atom. The molecule has 380 valence electrons. The molecular formula is C55H59ClN8O8S. The van der Waals surface area contributed by atoms with Crippen LogP contribution in [0.5, 0.6) is 5.75 Å². The molecular weight excluding hydrogens is 968 g/mol. The number of aliphatic imine (C=N–C) groups is 1. The van der Waals surface area contributed by atoms with Crippen molar-refractivity contribution >= 4 is 62.2 Å². The molecule has 0 saturated heterocycles. The van der Waals surface area contributed by atoms with Gasteiger partial charge in [-0.3, -0.25) is 38.3 Å². The van der Waals surface area contributed by atoms with E-state index in [-0.39, 0.29) is 36.6 Å². The average Bonchev–Trinajstić information content (AvgIpc) is 4.08. The molecule has 2 atom stereocenters. The van der Waals surface area contributed by atoms with Crippen LogP contribution in [-0.2, 0) is 30.3 Å². The zero-order valence-electron chi connectivity index (χ0n) is 42.2. The number of imidazole rings is 1. The molecule has 7 heterocycles. The first-order chi connectivity index (χ1) is 35.3. The summed E-state index contributed by atoms with van der Waals surface area (Å²) in [6, 6.07) is 16.2.